The van der Waals surface area contributed by atoms with E-state index in [9.17, 15) is 4.39 Å². The molecular weight excluding hydrogens is 357 g/mol. The van der Waals surface area contributed by atoms with Gasteiger partial charge < -0.3 is 11.5 Å². The Hall–Kier alpha value is -3.55. The molecule has 0 bridgehead atoms. The van der Waals surface area contributed by atoms with E-state index in [4.69, 9.17) is 11.5 Å². The summed E-state index contributed by atoms with van der Waals surface area (Å²) < 4.78 is 15.6. The molecule has 28 heavy (non-hydrogen) atoms. The second kappa shape index (κ2) is 7.59. The summed E-state index contributed by atoms with van der Waals surface area (Å²) in [5.41, 5.74) is 14.3. The highest BCUT2D eigenvalue weighted by atomic mass is 19.1. The van der Waals surface area contributed by atoms with Crippen LogP contribution in [0, 0.1) is 0 Å². The van der Waals surface area contributed by atoms with Gasteiger partial charge in [0.15, 0.2) is 11.5 Å². The van der Waals surface area contributed by atoms with Crippen molar-refractivity contribution >= 4 is 22.7 Å². The van der Waals surface area contributed by atoms with Crippen molar-refractivity contribution in [3.05, 3.63) is 60.6 Å². The first-order valence-corrected chi connectivity index (χ1v) is 8.75. The number of allylic oxidation sites excluding steroid dienone is 4. The van der Waals surface area contributed by atoms with E-state index in [1.54, 1.807) is 16.9 Å². The maximum Gasteiger partial charge on any atom is 0.184 e. The molecule has 0 amide bonds. The molecule has 0 aromatic carbocycles. The molecule has 0 aliphatic carbocycles. The van der Waals surface area contributed by atoms with Crippen molar-refractivity contribution in [3.63, 3.8) is 0 Å². The van der Waals surface area contributed by atoms with Gasteiger partial charge in [0.05, 0.1) is 11.9 Å². The molecule has 0 saturated heterocycles. The van der Waals surface area contributed by atoms with Gasteiger partial charge in [0.2, 0.25) is 0 Å². The number of anilines is 2. The lowest BCUT2D eigenvalue weighted by Crippen LogP contribution is -2.09. The van der Waals surface area contributed by atoms with E-state index < -0.39 is 5.83 Å². The zero-order valence-corrected chi connectivity index (χ0v) is 15.9. The Labute approximate surface area is 162 Å². The fraction of sp³-hybridized carbons (Fsp3) is 0.200. The maximum atomic E-state index is 14.0. The molecule has 0 spiro atoms. The van der Waals surface area contributed by atoms with Gasteiger partial charge in [-0.05, 0) is 24.1 Å². The number of nitrogens with zero attached hydrogens (tertiary/aromatic N) is 5. The van der Waals surface area contributed by atoms with Crippen molar-refractivity contribution in [1.29, 1.82) is 0 Å². The Kier molecular flexibility index (Phi) is 5.21. The van der Waals surface area contributed by atoms with Gasteiger partial charge in [-0.3, -0.25) is 0 Å². The summed E-state index contributed by atoms with van der Waals surface area (Å²) in [4.78, 5) is 13.2. The van der Waals surface area contributed by atoms with E-state index in [1.165, 1.54) is 6.08 Å². The van der Waals surface area contributed by atoms with Crippen LogP contribution in [-0.2, 0) is 6.54 Å². The fourth-order valence-electron chi connectivity index (χ4n) is 3.02. The summed E-state index contributed by atoms with van der Waals surface area (Å²) in [5.74, 6) is 0.542. The summed E-state index contributed by atoms with van der Waals surface area (Å²) in [6, 6.07) is 3.62. The zero-order chi connectivity index (χ0) is 20.4. The smallest absolute Gasteiger partial charge is 0.184 e. The minimum Gasteiger partial charge on any atom is -0.383 e. The standard InChI is InChI=1S/C20H22FN7/c1-5-12(14(21)6-2)10-28-20-13(8-7-9-24-20)16(27-28)19-25-17(22)15(11(3)4)18(23)26-19/h5-9,11H,1-2,10H2,3-4H3,(H4,22,23,25,26)/b14-12-. The average Bonchev–Trinajstić information content (AvgIpc) is 3.03. The second-order valence-electron chi connectivity index (χ2n) is 6.55. The van der Waals surface area contributed by atoms with E-state index in [1.807, 2.05) is 19.9 Å². The van der Waals surface area contributed by atoms with Crippen LogP contribution in [0.2, 0.25) is 0 Å². The zero-order valence-electron chi connectivity index (χ0n) is 15.9. The van der Waals surface area contributed by atoms with E-state index >= 15 is 0 Å². The molecule has 3 heterocycles. The predicted octanol–water partition coefficient (Wildman–Crippen LogP) is 3.77. The molecule has 0 unspecified atom stereocenters. The van der Waals surface area contributed by atoms with Crippen molar-refractivity contribution in [1.82, 2.24) is 24.7 Å². The molecule has 3 rings (SSSR count). The van der Waals surface area contributed by atoms with Crippen LogP contribution in [0.1, 0.15) is 25.3 Å². The van der Waals surface area contributed by atoms with Crippen molar-refractivity contribution in [2.75, 3.05) is 11.5 Å². The minimum atomic E-state index is -0.470. The second-order valence-corrected chi connectivity index (χ2v) is 6.55. The van der Waals surface area contributed by atoms with Crippen LogP contribution in [0.3, 0.4) is 0 Å². The summed E-state index contributed by atoms with van der Waals surface area (Å²) in [5, 5.41) is 5.27. The maximum absolute atomic E-state index is 14.0. The molecule has 0 radical (unpaired) electrons. The molecule has 3 aromatic rings. The van der Waals surface area contributed by atoms with Crippen LogP contribution < -0.4 is 11.5 Å². The van der Waals surface area contributed by atoms with Crippen LogP contribution in [0.25, 0.3) is 22.6 Å². The summed E-state index contributed by atoms with van der Waals surface area (Å²) >= 11 is 0. The van der Waals surface area contributed by atoms with Crippen molar-refractivity contribution < 1.29 is 4.39 Å². The van der Waals surface area contributed by atoms with E-state index in [-0.39, 0.29) is 12.5 Å². The molecule has 0 aliphatic rings. The van der Waals surface area contributed by atoms with Gasteiger partial charge in [-0.15, -0.1) is 0 Å². The largest absolute Gasteiger partial charge is 0.383 e. The lowest BCUT2D eigenvalue weighted by Gasteiger charge is -2.12. The number of hydrogen-bond donors (Lipinski definition) is 2. The Balaban J connectivity index is 2.19. The van der Waals surface area contributed by atoms with E-state index in [0.717, 1.165) is 6.08 Å². The number of aromatic nitrogens is 5. The normalized spacial score (nSPS) is 12.3. The van der Waals surface area contributed by atoms with Crippen LogP contribution in [-0.4, -0.2) is 24.7 Å². The van der Waals surface area contributed by atoms with Crippen LogP contribution in [0.15, 0.2) is 55.0 Å². The first-order chi connectivity index (χ1) is 13.4. The number of halogens is 1. The van der Waals surface area contributed by atoms with Gasteiger partial charge >= 0.3 is 0 Å². The third kappa shape index (κ3) is 3.36. The highest BCUT2D eigenvalue weighted by Crippen LogP contribution is 2.31. The van der Waals surface area contributed by atoms with Crippen LogP contribution >= 0.6 is 0 Å². The first-order valence-electron chi connectivity index (χ1n) is 8.75. The molecule has 8 heteroatoms. The lowest BCUT2D eigenvalue weighted by atomic mass is 10.0. The van der Waals surface area contributed by atoms with Crippen molar-refractivity contribution in [2.24, 2.45) is 0 Å². The third-order valence-corrected chi connectivity index (χ3v) is 4.35. The molecule has 7 nitrogen and oxygen atoms in total. The molecule has 3 aromatic heterocycles. The minimum absolute atomic E-state index is 0.0900. The van der Waals surface area contributed by atoms with Gasteiger partial charge in [-0.2, -0.15) is 5.10 Å². The Morgan fingerprint density at radius 3 is 2.46 bits per heavy atom. The number of nitrogen functional groups attached to an aromatic ring is 2. The molecule has 0 aliphatic heterocycles. The SMILES string of the molecule is C=C/C(F)=C(\C=C)Cn1nc(-c2nc(N)c(C(C)C)c(N)n2)c2cccnc21. The van der Waals surface area contributed by atoms with Crippen LogP contribution in [0.4, 0.5) is 16.0 Å². The van der Waals surface area contributed by atoms with E-state index in [0.29, 0.717) is 45.3 Å². The molecular formula is C20H22FN7. The summed E-state index contributed by atoms with van der Waals surface area (Å²) in [6.45, 7) is 11.2. The van der Waals surface area contributed by atoms with Gasteiger partial charge in [0.1, 0.15) is 23.2 Å². The van der Waals surface area contributed by atoms with Crippen molar-refractivity contribution in [2.45, 2.75) is 26.3 Å². The fourth-order valence-corrected chi connectivity index (χ4v) is 3.02. The number of fused-ring (bicyclic) bond motifs is 1. The average molecular weight is 379 g/mol. The van der Waals surface area contributed by atoms with E-state index in [2.05, 4.69) is 33.2 Å². The number of pyridine rings is 1. The predicted molar refractivity (Wildman–Crippen MR) is 110 cm³/mol. The molecule has 0 atom stereocenters. The summed E-state index contributed by atoms with van der Waals surface area (Å²) in [7, 11) is 0. The number of nitrogens with two attached hydrogens (primary N) is 2. The van der Waals surface area contributed by atoms with Gasteiger partial charge in [-0.1, -0.05) is 33.1 Å². The highest BCUT2D eigenvalue weighted by molar-refractivity contribution is 5.89. The van der Waals surface area contributed by atoms with Crippen molar-refractivity contribution in [3.8, 4) is 11.5 Å². The van der Waals surface area contributed by atoms with Gasteiger partial charge in [-0.25, -0.2) is 24.0 Å². The molecule has 4 N–H and O–H groups in total. The first kappa shape index (κ1) is 19.2. The van der Waals surface area contributed by atoms with Gasteiger partial charge in [0, 0.05) is 17.3 Å². The topological polar surface area (TPSA) is 109 Å². The van der Waals surface area contributed by atoms with Gasteiger partial charge in [0.25, 0.3) is 0 Å². The summed E-state index contributed by atoms with van der Waals surface area (Å²) in [6.07, 6.45) is 4.19. The Morgan fingerprint density at radius 2 is 1.89 bits per heavy atom. The number of rotatable bonds is 6. The van der Waals surface area contributed by atoms with Crippen LogP contribution in [0.5, 0.6) is 0 Å². The monoisotopic (exact) mass is 379 g/mol. The Bertz CT molecular complexity index is 1070. The third-order valence-electron chi connectivity index (χ3n) is 4.35. The highest BCUT2D eigenvalue weighted by Gasteiger charge is 2.20. The quantitative estimate of drug-likeness (QED) is 0.631. The lowest BCUT2D eigenvalue weighted by molar-refractivity contribution is 0.626. The molecule has 144 valence electrons. The number of hydrogen-bond acceptors (Lipinski definition) is 6. The molecule has 0 saturated carbocycles. The Morgan fingerprint density at radius 1 is 1.21 bits per heavy atom. The molecule has 0 fully saturated rings.